The summed E-state index contributed by atoms with van der Waals surface area (Å²) in [6, 6.07) is 22.2. The molecule has 0 bridgehead atoms. The average Bonchev–Trinajstić information content (AvgIpc) is 2.67. The summed E-state index contributed by atoms with van der Waals surface area (Å²) in [5.41, 5.74) is 8.41. The van der Waals surface area contributed by atoms with Gasteiger partial charge in [-0.1, -0.05) is 66.7 Å². The van der Waals surface area contributed by atoms with Crippen LogP contribution in [0.2, 0.25) is 0 Å². The second-order valence-electron chi connectivity index (χ2n) is 6.33. The van der Waals surface area contributed by atoms with Gasteiger partial charge in [0.05, 0.1) is 5.56 Å². The number of nitrogens with one attached hydrogen (secondary N) is 1. The number of H-pyrrole nitrogens is 1. The van der Waals surface area contributed by atoms with Crippen LogP contribution in [-0.4, -0.2) is 9.97 Å². The molecule has 5 rings (SSSR count). The first-order chi connectivity index (χ1) is 12.7. The van der Waals surface area contributed by atoms with Gasteiger partial charge >= 0.3 is 5.69 Å². The number of aromatic nitrogens is 2. The topological polar surface area (TPSA) is 81.0 Å². The lowest BCUT2D eigenvalue weighted by molar-refractivity contribution is 0.436. The monoisotopic (exact) mass is 341 g/mol. The molecule has 5 nitrogen and oxygen atoms in total. The first kappa shape index (κ1) is 14.7. The number of rotatable bonds is 1. The maximum Gasteiger partial charge on any atom is 0.349 e. The fourth-order valence-electron chi connectivity index (χ4n) is 3.68. The minimum atomic E-state index is -0.517. The second kappa shape index (κ2) is 5.46. The van der Waals surface area contributed by atoms with Gasteiger partial charge < -0.3 is 10.5 Å². The van der Waals surface area contributed by atoms with Gasteiger partial charge in [-0.2, -0.15) is 4.98 Å². The molecule has 0 saturated carbocycles. The largest absolute Gasteiger partial charge is 0.437 e. The third kappa shape index (κ3) is 2.10. The molecule has 0 radical (unpaired) electrons. The van der Waals surface area contributed by atoms with E-state index in [0.717, 1.165) is 27.6 Å². The van der Waals surface area contributed by atoms with Gasteiger partial charge in [0, 0.05) is 16.9 Å². The number of aromatic amines is 1. The van der Waals surface area contributed by atoms with Crippen LogP contribution in [0.15, 0.2) is 71.5 Å². The van der Waals surface area contributed by atoms with E-state index in [1.54, 1.807) is 0 Å². The highest BCUT2D eigenvalue weighted by atomic mass is 16.5. The van der Waals surface area contributed by atoms with E-state index in [1.165, 1.54) is 0 Å². The van der Waals surface area contributed by atoms with Crippen LogP contribution in [0.5, 0.6) is 11.6 Å². The second-order valence-corrected chi connectivity index (χ2v) is 6.33. The van der Waals surface area contributed by atoms with Gasteiger partial charge in [-0.15, -0.1) is 0 Å². The van der Waals surface area contributed by atoms with Gasteiger partial charge in [-0.25, -0.2) is 4.79 Å². The Morgan fingerprint density at radius 2 is 1.73 bits per heavy atom. The third-order valence-electron chi connectivity index (χ3n) is 4.81. The Labute approximate surface area is 149 Å². The van der Waals surface area contributed by atoms with E-state index in [1.807, 2.05) is 54.6 Å². The number of hydrogen-bond donors (Lipinski definition) is 2. The number of anilines is 1. The molecule has 0 amide bonds. The van der Waals surface area contributed by atoms with Crippen molar-refractivity contribution in [3.63, 3.8) is 0 Å². The molecule has 1 aliphatic rings. The Bertz CT molecular complexity index is 1200. The summed E-state index contributed by atoms with van der Waals surface area (Å²) in [5.74, 6) is 1.11. The van der Waals surface area contributed by atoms with Crippen molar-refractivity contribution in [3.05, 3.63) is 93.9 Å². The lowest BCUT2D eigenvalue weighted by Crippen LogP contribution is -2.22. The quantitative estimate of drug-likeness (QED) is 0.486. The van der Waals surface area contributed by atoms with Crippen molar-refractivity contribution in [1.29, 1.82) is 0 Å². The summed E-state index contributed by atoms with van der Waals surface area (Å²) in [5, 5.41) is 2.05. The van der Waals surface area contributed by atoms with Crippen molar-refractivity contribution in [1.82, 2.24) is 9.97 Å². The molecule has 3 N–H and O–H groups in total. The molecule has 1 aromatic heterocycles. The summed E-state index contributed by atoms with van der Waals surface area (Å²) in [6.07, 6.45) is 0. The third-order valence-corrected chi connectivity index (χ3v) is 4.81. The Hall–Kier alpha value is -3.60. The average molecular weight is 341 g/mol. The molecule has 3 aromatic carbocycles. The molecule has 1 aliphatic heterocycles. The molecule has 4 aromatic rings. The summed E-state index contributed by atoms with van der Waals surface area (Å²) < 4.78 is 6.09. The SMILES string of the molecule is Nc1[nH]c(=O)nc2c1C(c1ccccc1)c1ccc3ccccc3c1O2. The molecule has 126 valence electrons. The van der Waals surface area contributed by atoms with E-state index in [4.69, 9.17) is 10.5 Å². The highest BCUT2D eigenvalue weighted by molar-refractivity contribution is 5.91. The Morgan fingerprint density at radius 3 is 2.58 bits per heavy atom. The number of benzene rings is 3. The zero-order chi connectivity index (χ0) is 17.7. The van der Waals surface area contributed by atoms with Gasteiger partial charge in [-0.05, 0) is 10.9 Å². The molecule has 0 fully saturated rings. The predicted octanol–water partition coefficient (Wildman–Crippen LogP) is 3.79. The van der Waals surface area contributed by atoms with Crippen LogP contribution in [0, 0.1) is 0 Å². The summed E-state index contributed by atoms with van der Waals surface area (Å²) in [6.45, 7) is 0. The van der Waals surface area contributed by atoms with Crippen molar-refractivity contribution in [2.45, 2.75) is 5.92 Å². The zero-order valence-corrected chi connectivity index (χ0v) is 13.8. The standard InChI is InChI=1S/C21H15N3O2/c22-19-17-16(13-7-2-1-3-8-13)15-11-10-12-6-4-5-9-14(12)18(15)26-20(17)24-21(25)23-19/h1-11,16H,(H3,22,23,24,25). The first-order valence-electron chi connectivity index (χ1n) is 8.36. The first-order valence-corrected chi connectivity index (χ1v) is 8.36. The van der Waals surface area contributed by atoms with Crippen LogP contribution >= 0.6 is 0 Å². The fraction of sp³-hybridized carbons (Fsp3) is 0.0476. The van der Waals surface area contributed by atoms with Crippen molar-refractivity contribution >= 4 is 16.6 Å². The molecule has 0 saturated heterocycles. The number of nitrogens with zero attached hydrogens (tertiary/aromatic N) is 1. The van der Waals surface area contributed by atoms with E-state index in [-0.39, 0.29) is 17.6 Å². The van der Waals surface area contributed by atoms with E-state index >= 15 is 0 Å². The van der Waals surface area contributed by atoms with Crippen LogP contribution in [0.4, 0.5) is 5.82 Å². The van der Waals surface area contributed by atoms with Crippen LogP contribution < -0.4 is 16.2 Å². The van der Waals surface area contributed by atoms with Gasteiger partial charge in [0.1, 0.15) is 11.6 Å². The van der Waals surface area contributed by atoms with Crippen LogP contribution in [0.3, 0.4) is 0 Å². The molecule has 0 aliphatic carbocycles. The molecule has 5 heteroatoms. The molecule has 1 atom stereocenters. The van der Waals surface area contributed by atoms with Gasteiger partial charge in [0.15, 0.2) is 0 Å². The highest BCUT2D eigenvalue weighted by Gasteiger charge is 2.33. The van der Waals surface area contributed by atoms with Gasteiger partial charge in [0.25, 0.3) is 0 Å². The normalized spacial score (nSPS) is 15.2. The number of fused-ring (bicyclic) bond motifs is 4. The molecule has 26 heavy (non-hydrogen) atoms. The zero-order valence-electron chi connectivity index (χ0n) is 13.8. The van der Waals surface area contributed by atoms with Crippen molar-refractivity contribution in [3.8, 4) is 11.6 Å². The number of nitrogen functional groups attached to an aromatic ring is 1. The van der Waals surface area contributed by atoms with Crippen molar-refractivity contribution in [2.75, 3.05) is 5.73 Å². The molecule has 2 heterocycles. The summed E-state index contributed by atoms with van der Waals surface area (Å²) >= 11 is 0. The van der Waals surface area contributed by atoms with Crippen LogP contribution in [0.1, 0.15) is 22.6 Å². The molecular formula is C21H15N3O2. The number of ether oxygens (including phenoxy) is 1. The number of hydrogen-bond acceptors (Lipinski definition) is 4. The van der Waals surface area contributed by atoms with Gasteiger partial charge in [0.2, 0.25) is 5.88 Å². The summed E-state index contributed by atoms with van der Waals surface area (Å²) in [4.78, 5) is 18.5. The Morgan fingerprint density at radius 1 is 0.962 bits per heavy atom. The highest BCUT2D eigenvalue weighted by Crippen LogP contribution is 2.49. The molecule has 1 unspecified atom stereocenters. The Balaban J connectivity index is 1.88. The molecular weight excluding hydrogens is 326 g/mol. The van der Waals surface area contributed by atoms with E-state index < -0.39 is 5.69 Å². The van der Waals surface area contributed by atoms with Crippen molar-refractivity contribution in [2.24, 2.45) is 0 Å². The van der Waals surface area contributed by atoms with Crippen LogP contribution in [-0.2, 0) is 0 Å². The minimum Gasteiger partial charge on any atom is -0.437 e. The fourth-order valence-corrected chi connectivity index (χ4v) is 3.68. The lowest BCUT2D eigenvalue weighted by atomic mass is 9.82. The van der Waals surface area contributed by atoms with E-state index in [0.29, 0.717) is 5.56 Å². The summed E-state index contributed by atoms with van der Waals surface area (Å²) in [7, 11) is 0. The number of nitrogens with two attached hydrogens (primary N) is 1. The Kier molecular flexibility index (Phi) is 3.09. The molecule has 0 spiro atoms. The lowest BCUT2D eigenvalue weighted by Gasteiger charge is -2.29. The van der Waals surface area contributed by atoms with E-state index in [9.17, 15) is 4.79 Å². The smallest absolute Gasteiger partial charge is 0.349 e. The minimum absolute atomic E-state index is 0.163. The van der Waals surface area contributed by atoms with Crippen LogP contribution in [0.25, 0.3) is 10.8 Å². The van der Waals surface area contributed by atoms with Crippen molar-refractivity contribution < 1.29 is 4.74 Å². The van der Waals surface area contributed by atoms with Gasteiger partial charge in [-0.3, -0.25) is 4.98 Å². The van der Waals surface area contributed by atoms with E-state index in [2.05, 4.69) is 22.1 Å². The predicted molar refractivity (Wildman–Crippen MR) is 101 cm³/mol. The maximum atomic E-state index is 11.9. The maximum absolute atomic E-state index is 11.9.